The summed E-state index contributed by atoms with van der Waals surface area (Å²) in [5.74, 6) is 1.02. The van der Waals surface area contributed by atoms with Crippen LogP contribution in [0.4, 0.5) is 0 Å². The molecule has 0 atom stereocenters. The molecule has 0 amide bonds. The van der Waals surface area contributed by atoms with Crippen molar-refractivity contribution in [3.05, 3.63) is 62.8 Å². The van der Waals surface area contributed by atoms with Gasteiger partial charge < -0.3 is 19.0 Å². The fourth-order valence-electron chi connectivity index (χ4n) is 3.76. The zero-order chi connectivity index (χ0) is 21.6. The maximum Gasteiger partial charge on any atom is 0.204 e. The summed E-state index contributed by atoms with van der Waals surface area (Å²) in [6.07, 6.45) is 5.87. The maximum atomic E-state index is 13.7. The van der Waals surface area contributed by atoms with E-state index < -0.39 is 5.60 Å². The van der Waals surface area contributed by atoms with Gasteiger partial charge in [0.2, 0.25) is 5.43 Å². The van der Waals surface area contributed by atoms with E-state index in [1.165, 1.54) is 0 Å². The van der Waals surface area contributed by atoms with Crippen LogP contribution in [0.3, 0.4) is 0 Å². The Morgan fingerprint density at radius 2 is 1.97 bits per heavy atom. The lowest BCUT2D eigenvalue weighted by Crippen LogP contribution is -2.28. The van der Waals surface area contributed by atoms with E-state index in [1.807, 2.05) is 58.9 Å². The minimum atomic E-state index is -0.533. The van der Waals surface area contributed by atoms with Gasteiger partial charge in [0.05, 0.1) is 12.0 Å². The lowest BCUT2D eigenvalue weighted by Gasteiger charge is -2.28. The number of ether oxygens (including phenoxy) is 2. The second-order valence-electron chi connectivity index (χ2n) is 8.45. The van der Waals surface area contributed by atoms with Crippen LogP contribution in [0.15, 0.2) is 45.1 Å². The quantitative estimate of drug-likeness (QED) is 0.472. The average Bonchev–Trinajstić information content (AvgIpc) is 2.67. The van der Waals surface area contributed by atoms with Gasteiger partial charge in [0.1, 0.15) is 40.3 Å². The number of hydrogen-bond donors (Lipinski definition) is 1. The molecule has 0 bridgehead atoms. The van der Waals surface area contributed by atoms with Gasteiger partial charge in [-0.3, -0.25) is 4.79 Å². The molecule has 0 unspecified atom stereocenters. The van der Waals surface area contributed by atoms with Crippen molar-refractivity contribution in [1.82, 2.24) is 0 Å². The highest BCUT2D eigenvalue weighted by Crippen LogP contribution is 2.39. The third-order valence-electron chi connectivity index (χ3n) is 5.26. The van der Waals surface area contributed by atoms with E-state index in [9.17, 15) is 9.90 Å². The molecular formula is C25H26O5. The van der Waals surface area contributed by atoms with Crippen molar-refractivity contribution < 1.29 is 19.0 Å². The number of aryl methyl sites for hydroxylation is 1. The van der Waals surface area contributed by atoms with Crippen molar-refractivity contribution in [3.63, 3.8) is 0 Å². The molecule has 156 valence electrons. The summed E-state index contributed by atoms with van der Waals surface area (Å²) in [5, 5.41) is 10.9. The van der Waals surface area contributed by atoms with Crippen LogP contribution in [-0.2, 0) is 6.61 Å². The van der Waals surface area contributed by atoms with Crippen molar-refractivity contribution in [3.8, 4) is 11.5 Å². The van der Waals surface area contributed by atoms with Crippen LogP contribution in [-0.4, -0.2) is 17.3 Å². The molecule has 0 fully saturated rings. The SMILES string of the molecule is CC(C)=CCOc1c(C)cc2oc3ccc4c(c3c(=O)c2c1CO)OC(C)(C)C=C4. The van der Waals surface area contributed by atoms with E-state index in [4.69, 9.17) is 13.9 Å². The van der Waals surface area contributed by atoms with Crippen molar-refractivity contribution in [2.24, 2.45) is 0 Å². The zero-order valence-electron chi connectivity index (χ0n) is 18.0. The Hall–Kier alpha value is -3.05. The van der Waals surface area contributed by atoms with Gasteiger partial charge in [-0.15, -0.1) is 0 Å². The Bertz CT molecular complexity index is 1270. The van der Waals surface area contributed by atoms with E-state index in [0.717, 1.165) is 16.7 Å². The van der Waals surface area contributed by atoms with Crippen molar-refractivity contribution in [2.45, 2.75) is 46.8 Å². The Labute approximate surface area is 175 Å². The summed E-state index contributed by atoms with van der Waals surface area (Å²) < 4.78 is 18.2. The van der Waals surface area contributed by atoms with Gasteiger partial charge in [-0.25, -0.2) is 0 Å². The summed E-state index contributed by atoms with van der Waals surface area (Å²) in [4.78, 5) is 13.7. The van der Waals surface area contributed by atoms with E-state index in [0.29, 0.717) is 45.6 Å². The zero-order valence-corrected chi connectivity index (χ0v) is 18.0. The third kappa shape index (κ3) is 3.39. The predicted octanol–water partition coefficient (Wildman–Crippen LogP) is 5.28. The van der Waals surface area contributed by atoms with Gasteiger partial charge >= 0.3 is 0 Å². The smallest absolute Gasteiger partial charge is 0.204 e. The molecule has 3 aromatic rings. The molecule has 5 heteroatoms. The highest BCUT2D eigenvalue weighted by molar-refractivity contribution is 5.98. The second-order valence-corrected chi connectivity index (χ2v) is 8.45. The van der Waals surface area contributed by atoms with E-state index in [1.54, 1.807) is 12.1 Å². The first-order chi connectivity index (χ1) is 14.2. The molecule has 30 heavy (non-hydrogen) atoms. The third-order valence-corrected chi connectivity index (χ3v) is 5.26. The molecule has 0 aliphatic carbocycles. The minimum Gasteiger partial charge on any atom is -0.489 e. The maximum absolute atomic E-state index is 13.7. The molecule has 0 radical (unpaired) electrons. The van der Waals surface area contributed by atoms with Crippen LogP contribution in [0.5, 0.6) is 11.5 Å². The largest absolute Gasteiger partial charge is 0.489 e. The van der Waals surface area contributed by atoms with Gasteiger partial charge in [-0.1, -0.05) is 11.6 Å². The van der Waals surface area contributed by atoms with Gasteiger partial charge in [0.25, 0.3) is 0 Å². The monoisotopic (exact) mass is 406 g/mol. The van der Waals surface area contributed by atoms with Crippen LogP contribution in [0.1, 0.15) is 44.4 Å². The Kier molecular flexibility index (Phi) is 4.94. The van der Waals surface area contributed by atoms with Crippen LogP contribution < -0.4 is 14.9 Å². The lowest BCUT2D eigenvalue weighted by molar-refractivity contribution is 0.161. The molecule has 0 saturated heterocycles. The van der Waals surface area contributed by atoms with Crippen molar-refractivity contribution >= 4 is 28.0 Å². The molecule has 2 heterocycles. The predicted molar refractivity (Wildman–Crippen MR) is 119 cm³/mol. The Morgan fingerprint density at radius 3 is 2.67 bits per heavy atom. The minimum absolute atomic E-state index is 0.231. The highest BCUT2D eigenvalue weighted by atomic mass is 16.5. The van der Waals surface area contributed by atoms with Gasteiger partial charge in [-0.05, 0) is 70.5 Å². The molecule has 1 aromatic heterocycles. The summed E-state index contributed by atoms with van der Waals surface area (Å²) in [6, 6.07) is 5.46. The Balaban J connectivity index is 2.02. The van der Waals surface area contributed by atoms with Crippen LogP contribution in [0.25, 0.3) is 28.0 Å². The van der Waals surface area contributed by atoms with E-state index in [-0.39, 0.29) is 12.0 Å². The second kappa shape index (κ2) is 7.33. The molecule has 4 rings (SSSR count). The average molecular weight is 406 g/mol. The highest BCUT2D eigenvalue weighted by Gasteiger charge is 2.27. The number of allylic oxidation sites excluding steroid dienone is 1. The van der Waals surface area contributed by atoms with Crippen molar-refractivity contribution in [1.29, 1.82) is 0 Å². The van der Waals surface area contributed by atoms with Crippen LogP contribution in [0, 0.1) is 6.92 Å². The normalized spacial score (nSPS) is 14.5. The molecule has 0 saturated carbocycles. The molecular weight excluding hydrogens is 380 g/mol. The Morgan fingerprint density at radius 1 is 1.20 bits per heavy atom. The van der Waals surface area contributed by atoms with Gasteiger partial charge in [-0.2, -0.15) is 0 Å². The van der Waals surface area contributed by atoms with Gasteiger partial charge in [0.15, 0.2) is 0 Å². The number of benzene rings is 2. The lowest BCUT2D eigenvalue weighted by atomic mass is 9.98. The molecule has 0 spiro atoms. The van der Waals surface area contributed by atoms with Gasteiger partial charge in [0, 0.05) is 11.1 Å². The summed E-state index contributed by atoms with van der Waals surface area (Å²) in [6.45, 7) is 9.76. The number of aliphatic hydroxyl groups excluding tert-OH is 1. The first-order valence-electron chi connectivity index (χ1n) is 10.0. The summed E-state index contributed by atoms with van der Waals surface area (Å²) in [7, 11) is 0. The molecule has 5 nitrogen and oxygen atoms in total. The van der Waals surface area contributed by atoms with E-state index >= 15 is 0 Å². The number of aliphatic hydroxyl groups is 1. The number of fused-ring (bicyclic) bond motifs is 4. The number of hydrogen-bond acceptors (Lipinski definition) is 5. The fraction of sp³-hybridized carbons (Fsp3) is 0.320. The molecule has 2 aromatic carbocycles. The first-order valence-corrected chi connectivity index (χ1v) is 10.0. The van der Waals surface area contributed by atoms with Crippen LogP contribution in [0.2, 0.25) is 0 Å². The topological polar surface area (TPSA) is 68.9 Å². The number of rotatable bonds is 4. The fourth-order valence-corrected chi connectivity index (χ4v) is 3.76. The van der Waals surface area contributed by atoms with Crippen molar-refractivity contribution in [2.75, 3.05) is 6.61 Å². The first kappa shape index (κ1) is 20.2. The van der Waals surface area contributed by atoms with E-state index in [2.05, 4.69) is 0 Å². The molecule has 1 aliphatic rings. The standard InChI is InChI=1S/C25H26O5/c1-14(2)9-11-28-23-15(3)12-19-20(17(23)13-26)22(27)21-18(29-19)7-6-16-8-10-25(4,5)30-24(16)21/h6-10,12,26H,11,13H2,1-5H3. The molecule has 1 aliphatic heterocycles. The summed E-state index contributed by atoms with van der Waals surface area (Å²) in [5.41, 5.74) is 3.31. The van der Waals surface area contributed by atoms with Crippen LogP contribution >= 0.6 is 0 Å². The summed E-state index contributed by atoms with van der Waals surface area (Å²) >= 11 is 0. The molecule has 1 N–H and O–H groups in total.